The van der Waals surface area contributed by atoms with Crippen LogP contribution in [-0.2, 0) is 4.79 Å². The van der Waals surface area contributed by atoms with Gasteiger partial charge in [0.05, 0.1) is 20.8 Å². The number of halogens is 3. The topological polar surface area (TPSA) is 41.1 Å². The Balaban J connectivity index is 2.73. The van der Waals surface area contributed by atoms with Gasteiger partial charge < -0.3 is 10.6 Å². The summed E-state index contributed by atoms with van der Waals surface area (Å²) in [5, 5.41) is 6.62. The van der Waals surface area contributed by atoms with Gasteiger partial charge in [0.15, 0.2) is 0 Å². The zero-order valence-corrected chi connectivity index (χ0v) is 10.9. The molecule has 0 bridgehead atoms. The zero-order chi connectivity index (χ0) is 12.1. The molecular formula is C10H11Cl3N2O. The molecule has 0 saturated carbocycles. The summed E-state index contributed by atoms with van der Waals surface area (Å²) in [5.41, 5.74) is 0.470. The van der Waals surface area contributed by atoms with Gasteiger partial charge in [-0.25, -0.2) is 0 Å². The lowest BCUT2D eigenvalue weighted by Gasteiger charge is -2.08. The van der Waals surface area contributed by atoms with Crippen molar-refractivity contribution in [1.29, 1.82) is 0 Å². The third kappa shape index (κ3) is 3.83. The van der Waals surface area contributed by atoms with Crippen molar-refractivity contribution >= 4 is 46.4 Å². The van der Waals surface area contributed by atoms with Crippen molar-refractivity contribution in [3.63, 3.8) is 0 Å². The molecule has 88 valence electrons. The van der Waals surface area contributed by atoms with Gasteiger partial charge in [-0.1, -0.05) is 34.8 Å². The minimum Gasteiger partial charge on any atom is -0.325 e. The van der Waals surface area contributed by atoms with Gasteiger partial charge in [-0.15, -0.1) is 0 Å². The van der Waals surface area contributed by atoms with Crippen molar-refractivity contribution < 1.29 is 4.79 Å². The summed E-state index contributed by atoms with van der Waals surface area (Å²) in [5.74, 6) is -0.130. The molecule has 0 fully saturated rings. The predicted molar refractivity (Wildman–Crippen MR) is 68.6 cm³/mol. The smallest absolute Gasteiger partial charge is 0.225 e. The van der Waals surface area contributed by atoms with Gasteiger partial charge in [-0.3, -0.25) is 4.79 Å². The van der Waals surface area contributed by atoms with E-state index in [1.165, 1.54) is 12.1 Å². The minimum absolute atomic E-state index is 0.130. The zero-order valence-electron chi connectivity index (χ0n) is 8.61. The van der Waals surface area contributed by atoms with E-state index in [1.807, 2.05) is 0 Å². The first-order valence-electron chi connectivity index (χ1n) is 4.63. The molecule has 2 N–H and O–H groups in total. The van der Waals surface area contributed by atoms with E-state index in [2.05, 4.69) is 10.6 Å². The van der Waals surface area contributed by atoms with Crippen molar-refractivity contribution in [3.8, 4) is 0 Å². The van der Waals surface area contributed by atoms with Crippen molar-refractivity contribution in [2.75, 3.05) is 18.9 Å². The van der Waals surface area contributed by atoms with Crippen molar-refractivity contribution in [3.05, 3.63) is 27.2 Å². The van der Waals surface area contributed by atoms with Crippen LogP contribution in [0.5, 0.6) is 0 Å². The molecule has 3 nitrogen and oxygen atoms in total. The Morgan fingerprint density at radius 1 is 1.19 bits per heavy atom. The van der Waals surface area contributed by atoms with Crippen LogP contribution in [0.15, 0.2) is 12.1 Å². The summed E-state index contributed by atoms with van der Waals surface area (Å²) in [6.07, 6.45) is 0.368. The maximum Gasteiger partial charge on any atom is 0.225 e. The van der Waals surface area contributed by atoms with Crippen LogP contribution in [0.3, 0.4) is 0 Å². The minimum atomic E-state index is -0.130. The fourth-order valence-corrected chi connectivity index (χ4v) is 1.66. The first-order valence-corrected chi connectivity index (χ1v) is 5.77. The highest BCUT2D eigenvalue weighted by Gasteiger charge is 2.08. The molecule has 0 aliphatic rings. The highest BCUT2D eigenvalue weighted by molar-refractivity contribution is 6.44. The Morgan fingerprint density at radius 2 is 1.81 bits per heavy atom. The van der Waals surface area contributed by atoms with Gasteiger partial charge in [0.25, 0.3) is 0 Å². The van der Waals surface area contributed by atoms with Crippen LogP contribution in [0.4, 0.5) is 5.69 Å². The van der Waals surface area contributed by atoms with Crippen LogP contribution in [-0.4, -0.2) is 19.5 Å². The van der Waals surface area contributed by atoms with Gasteiger partial charge >= 0.3 is 0 Å². The maximum atomic E-state index is 11.4. The number of benzene rings is 1. The number of nitrogens with one attached hydrogen (secondary N) is 2. The van der Waals surface area contributed by atoms with E-state index in [0.29, 0.717) is 33.7 Å². The molecule has 0 atom stereocenters. The van der Waals surface area contributed by atoms with Crippen molar-refractivity contribution in [2.24, 2.45) is 0 Å². The molecule has 0 saturated heterocycles. The first-order chi connectivity index (χ1) is 7.54. The second kappa shape index (κ2) is 6.30. The average molecular weight is 282 g/mol. The third-order valence-electron chi connectivity index (χ3n) is 1.89. The summed E-state index contributed by atoms with van der Waals surface area (Å²) >= 11 is 17.5. The Morgan fingerprint density at radius 3 is 2.44 bits per heavy atom. The molecular weight excluding hydrogens is 270 g/mol. The van der Waals surface area contributed by atoms with Gasteiger partial charge in [-0.05, 0) is 19.2 Å². The monoisotopic (exact) mass is 280 g/mol. The van der Waals surface area contributed by atoms with Crippen LogP contribution in [0.25, 0.3) is 0 Å². The lowest BCUT2D eigenvalue weighted by molar-refractivity contribution is -0.116. The largest absolute Gasteiger partial charge is 0.325 e. The second-order valence-electron chi connectivity index (χ2n) is 3.15. The van der Waals surface area contributed by atoms with Gasteiger partial charge in [0, 0.05) is 13.0 Å². The lowest BCUT2D eigenvalue weighted by Crippen LogP contribution is -2.18. The van der Waals surface area contributed by atoms with Crippen LogP contribution >= 0.6 is 34.8 Å². The number of amides is 1. The summed E-state index contributed by atoms with van der Waals surface area (Å²) < 4.78 is 0. The lowest BCUT2D eigenvalue weighted by atomic mass is 10.3. The number of rotatable bonds is 4. The summed E-state index contributed by atoms with van der Waals surface area (Å²) in [6.45, 7) is 0.602. The maximum absolute atomic E-state index is 11.4. The quantitative estimate of drug-likeness (QED) is 0.832. The van der Waals surface area contributed by atoms with E-state index >= 15 is 0 Å². The molecule has 1 rings (SSSR count). The predicted octanol–water partition coefficient (Wildman–Crippen LogP) is 3.19. The molecule has 0 aliphatic carbocycles. The fraction of sp³-hybridized carbons (Fsp3) is 0.300. The van der Waals surface area contributed by atoms with E-state index in [-0.39, 0.29) is 5.91 Å². The third-order valence-corrected chi connectivity index (χ3v) is 2.92. The first kappa shape index (κ1) is 13.6. The van der Waals surface area contributed by atoms with Gasteiger partial charge in [0.2, 0.25) is 5.91 Å². The number of hydrogen-bond acceptors (Lipinski definition) is 2. The molecule has 0 spiro atoms. The summed E-state index contributed by atoms with van der Waals surface area (Å²) in [6, 6.07) is 3.03. The number of hydrogen-bond donors (Lipinski definition) is 2. The number of carbonyl (C=O) groups excluding carboxylic acids is 1. The molecule has 6 heteroatoms. The molecule has 0 radical (unpaired) electrons. The van der Waals surface area contributed by atoms with Crippen molar-refractivity contribution in [2.45, 2.75) is 6.42 Å². The second-order valence-corrected chi connectivity index (χ2v) is 4.37. The molecule has 1 aromatic rings. The molecule has 0 unspecified atom stereocenters. The Kier molecular flexibility index (Phi) is 5.35. The molecule has 0 aliphatic heterocycles. The highest BCUT2D eigenvalue weighted by atomic mass is 35.5. The van der Waals surface area contributed by atoms with Crippen LogP contribution < -0.4 is 10.6 Å². The van der Waals surface area contributed by atoms with Crippen LogP contribution in [0, 0.1) is 0 Å². The summed E-state index contributed by atoms with van der Waals surface area (Å²) in [4.78, 5) is 11.4. The van der Waals surface area contributed by atoms with Gasteiger partial charge in [0.1, 0.15) is 0 Å². The van der Waals surface area contributed by atoms with E-state index in [1.54, 1.807) is 7.05 Å². The fourth-order valence-electron chi connectivity index (χ4n) is 1.07. The Bertz CT molecular complexity index is 396. The van der Waals surface area contributed by atoms with Crippen molar-refractivity contribution in [1.82, 2.24) is 5.32 Å². The molecule has 16 heavy (non-hydrogen) atoms. The molecule has 0 heterocycles. The standard InChI is InChI=1S/C10H11Cl3N2O/c1-14-3-2-10(16)15-9-5-7(12)6(11)4-8(9)13/h4-5,14H,2-3H2,1H3,(H,15,16). The Labute approximate surface area is 109 Å². The molecule has 1 amide bonds. The van der Waals surface area contributed by atoms with Crippen LogP contribution in [0.1, 0.15) is 6.42 Å². The number of carbonyl (C=O) groups is 1. The van der Waals surface area contributed by atoms with Gasteiger partial charge in [-0.2, -0.15) is 0 Å². The van der Waals surface area contributed by atoms with E-state index in [9.17, 15) is 4.79 Å². The van der Waals surface area contributed by atoms with E-state index in [0.717, 1.165) is 0 Å². The normalized spacial score (nSPS) is 10.2. The van der Waals surface area contributed by atoms with E-state index < -0.39 is 0 Å². The number of anilines is 1. The molecule has 0 aromatic heterocycles. The Hall–Kier alpha value is -0.480. The average Bonchev–Trinajstić information content (AvgIpc) is 2.23. The SMILES string of the molecule is CNCCC(=O)Nc1cc(Cl)c(Cl)cc1Cl. The summed E-state index contributed by atoms with van der Waals surface area (Å²) in [7, 11) is 1.78. The van der Waals surface area contributed by atoms with Crippen LogP contribution in [0.2, 0.25) is 15.1 Å². The molecule has 1 aromatic carbocycles. The van der Waals surface area contributed by atoms with E-state index in [4.69, 9.17) is 34.8 Å². The highest BCUT2D eigenvalue weighted by Crippen LogP contribution is 2.32.